The number of thioether (sulfide) groups is 1. The molecule has 0 fully saturated rings. The Labute approximate surface area is 116 Å². The van der Waals surface area contributed by atoms with E-state index in [0.29, 0.717) is 18.1 Å². The van der Waals surface area contributed by atoms with Crippen molar-refractivity contribution >= 4 is 17.6 Å². The summed E-state index contributed by atoms with van der Waals surface area (Å²) in [5.41, 5.74) is 2.81. The summed E-state index contributed by atoms with van der Waals surface area (Å²) in [5, 5.41) is 19.6. The van der Waals surface area contributed by atoms with Gasteiger partial charge in [-0.25, -0.2) is 0 Å². The molecule has 0 aliphatic heterocycles. The second-order valence-electron chi connectivity index (χ2n) is 4.08. The molecule has 0 radical (unpaired) electrons. The van der Waals surface area contributed by atoms with Gasteiger partial charge in [0.1, 0.15) is 11.9 Å². The highest BCUT2D eigenvalue weighted by molar-refractivity contribution is 7.98. The Morgan fingerprint density at radius 1 is 1.26 bits per heavy atom. The minimum atomic E-state index is 0.325. The van der Waals surface area contributed by atoms with Crippen molar-refractivity contribution in [3.8, 4) is 6.07 Å². The third-order valence-corrected chi connectivity index (χ3v) is 3.50. The molecule has 0 saturated carbocycles. The van der Waals surface area contributed by atoms with Crippen LogP contribution in [0, 0.1) is 18.3 Å². The zero-order valence-electron chi connectivity index (χ0n) is 10.8. The third kappa shape index (κ3) is 3.46. The molecule has 0 bridgehead atoms. The van der Waals surface area contributed by atoms with Crippen LogP contribution < -0.4 is 5.32 Å². The van der Waals surface area contributed by atoms with Gasteiger partial charge in [0.25, 0.3) is 0 Å². The monoisotopic (exact) mass is 270 g/mol. The summed E-state index contributed by atoms with van der Waals surface area (Å²) in [7, 11) is 0. The van der Waals surface area contributed by atoms with Gasteiger partial charge >= 0.3 is 0 Å². The van der Waals surface area contributed by atoms with Crippen molar-refractivity contribution in [2.24, 2.45) is 0 Å². The molecule has 0 atom stereocenters. The van der Waals surface area contributed by atoms with Crippen LogP contribution in [0.4, 0.5) is 5.82 Å². The number of rotatable bonds is 4. The summed E-state index contributed by atoms with van der Waals surface area (Å²) < 4.78 is 0. The number of nitrogens with one attached hydrogen (secondary N) is 1. The van der Waals surface area contributed by atoms with Crippen molar-refractivity contribution in [1.29, 1.82) is 5.26 Å². The number of benzene rings is 1. The summed E-state index contributed by atoms with van der Waals surface area (Å²) in [6.07, 6.45) is 2.07. The summed E-state index contributed by atoms with van der Waals surface area (Å²) in [4.78, 5) is 1.26. The Kier molecular flexibility index (Phi) is 4.37. The van der Waals surface area contributed by atoms with Crippen LogP contribution in [0.5, 0.6) is 0 Å². The molecule has 0 amide bonds. The summed E-state index contributed by atoms with van der Waals surface area (Å²) in [5.74, 6) is 0.673. The molecule has 1 N–H and O–H groups in total. The Morgan fingerprint density at radius 2 is 2.11 bits per heavy atom. The number of nitrogens with zero attached hydrogens (tertiary/aromatic N) is 3. The Hall–Kier alpha value is -2.06. The standard InChI is InChI=1S/C14H14N4S/c1-10-3-4-11(13(7-10)19-2)9-16-14-6-5-12(8-15)17-18-14/h3-7H,9H2,1-2H3,(H,16,18). The average molecular weight is 270 g/mol. The molecule has 19 heavy (non-hydrogen) atoms. The van der Waals surface area contributed by atoms with Gasteiger partial charge < -0.3 is 5.32 Å². The van der Waals surface area contributed by atoms with Gasteiger partial charge in [-0.3, -0.25) is 0 Å². The molecule has 96 valence electrons. The van der Waals surface area contributed by atoms with Gasteiger partial charge in [-0.15, -0.1) is 22.0 Å². The van der Waals surface area contributed by atoms with Gasteiger partial charge in [0.2, 0.25) is 0 Å². The Balaban J connectivity index is 2.07. The van der Waals surface area contributed by atoms with Crippen LogP contribution in [0.2, 0.25) is 0 Å². The van der Waals surface area contributed by atoms with E-state index in [1.54, 1.807) is 23.9 Å². The van der Waals surface area contributed by atoms with E-state index in [4.69, 9.17) is 5.26 Å². The van der Waals surface area contributed by atoms with E-state index in [1.165, 1.54) is 16.0 Å². The van der Waals surface area contributed by atoms with E-state index >= 15 is 0 Å². The maximum Gasteiger partial charge on any atom is 0.163 e. The molecule has 5 heteroatoms. The fourth-order valence-electron chi connectivity index (χ4n) is 1.67. The zero-order valence-corrected chi connectivity index (χ0v) is 11.7. The first kappa shape index (κ1) is 13.4. The maximum absolute atomic E-state index is 8.66. The molecule has 4 nitrogen and oxygen atoms in total. The largest absolute Gasteiger partial charge is 0.364 e. The van der Waals surface area contributed by atoms with Crippen LogP contribution in [-0.2, 0) is 6.54 Å². The molecule has 0 aliphatic carbocycles. The molecule has 0 aliphatic rings. The smallest absolute Gasteiger partial charge is 0.163 e. The van der Waals surface area contributed by atoms with E-state index in [0.717, 1.165) is 0 Å². The number of aromatic nitrogens is 2. The molecular weight excluding hydrogens is 256 g/mol. The predicted molar refractivity (Wildman–Crippen MR) is 77.0 cm³/mol. The fraction of sp³-hybridized carbons (Fsp3) is 0.214. The van der Waals surface area contributed by atoms with E-state index < -0.39 is 0 Å². The third-order valence-electron chi connectivity index (χ3n) is 2.68. The van der Waals surface area contributed by atoms with Gasteiger partial charge in [0, 0.05) is 11.4 Å². The predicted octanol–water partition coefficient (Wildman–Crippen LogP) is 2.99. The molecule has 1 aromatic heterocycles. The second-order valence-corrected chi connectivity index (χ2v) is 4.93. The molecule has 2 rings (SSSR count). The van der Waals surface area contributed by atoms with Crippen molar-refractivity contribution < 1.29 is 0 Å². The Morgan fingerprint density at radius 3 is 2.74 bits per heavy atom. The number of anilines is 1. The van der Waals surface area contributed by atoms with Crippen LogP contribution in [0.15, 0.2) is 35.2 Å². The highest BCUT2D eigenvalue weighted by atomic mass is 32.2. The highest BCUT2D eigenvalue weighted by Gasteiger charge is 2.03. The van der Waals surface area contributed by atoms with Crippen LogP contribution in [0.1, 0.15) is 16.8 Å². The number of aryl methyl sites for hydroxylation is 1. The number of hydrogen-bond donors (Lipinski definition) is 1. The lowest BCUT2D eigenvalue weighted by atomic mass is 10.1. The topological polar surface area (TPSA) is 61.6 Å². The first-order valence-electron chi connectivity index (χ1n) is 5.84. The number of nitriles is 1. The summed E-state index contributed by atoms with van der Waals surface area (Å²) in [6.45, 7) is 2.78. The molecule has 0 saturated heterocycles. The minimum absolute atomic E-state index is 0.325. The van der Waals surface area contributed by atoms with E-state index in [1.807, 2.05) is 6.07 Å². The number of hydrogen-bond acceptors (Lipinski definition) is 5. The second kappa shape index (κ2) is 6.21. The first-order valence-corrected chi connectivity index (χ1v) is 7.06. The lowest BCUT2D eigenvalue weighted by Crippen LogP contribution is -2.04. The lowest BCUT2D eigenvalue weighted by molar-refractivity contribution is 0.976. The molecule has 2 aromatic rings. The van der Waals surface area contributed by atoms with Gasteiger partial charge in [-0.05, 0) is 42.5 Å². The van der Waals surface area contributed by atoms with E-state index in [9.17, 15) is 0 Å². The van der Waals surface area contributed by atoms with Crippen molar-refractivity contribution in [2.45, 2.75) is 18.4 Å². The van der Waals surface area contributed by atoms with Crippen LogP contribution >= 0.6 is 11.8 Å². The van der Waals surface area contributed by atoms with Crippen molar-refractivity contribution in [3.05, 3.63) is 47.2 Å². The van der Waals surface area contributed by atoms with E-state index in [2.05, 4.69) is 46.9 Å². The molecular formula is C14H14N4S. The minimum Gasteiger partial charge on any atom is -0.364 e. The maximum atomic E-state index is 8.66. The highest BCUT2D eigenvalue weighted by Crippen LogP contribution is 2.22. The fourth-order valence-corrected chi connectivity index (χ4v) is 2.38. The van der Waals surface area contributed by atoms with E-state index in [-0.39, 0.29) is 0 Å². The van der Waals surface area contributed by atoms with Crippen LogP contribution in [0.3, 0.4) is 0 Å². The zero-order chi connectivity index (χ0) is 13.7. The Bertz CT molecular complexity index is 602. The SMILES string of the molecule is CSc1cc(C)ccc1CNc1ccc(C#N)nn1. The normalized spacial score (nSPS) is 9.95. The van der Waals surface area contributed by atoms with Gasteiger partial charge in [0.05, 0.1) is 0 Å². The molecule has 0 unspecified atom stereocenters. The lowest BCUT2D eigenvalue weighted by Gasteiger charge is -2.10. The van der Waals surface area contributed by atoms with Gasteiger partial charge in [-0.1, -0.05) is 12.1 Å². The van der Waals surface area contributed by atoms with Gasteiger partial charge in [0.15, 0.2) is 5.69 Å². The average Bonchev–Trinajstić information content (AvgIpc) is 2.46. The molecule has 1 heterocycles. The van der Waals surface area contributed by atoms with Crippen molar-refractivity contribution in [3.63, 3.8) is 0 Å². The van der Waals surface area contributed by atoms with Crippen LogP contribution in [0.25, 0.3) is 0 Å². The van der Waals surface area contributed by atoms with Crippen LogP contribution in [-0.4, -0.2) is 16.5 Å². The quantitative estimate of drug-likeness (QED) is 0.865. The molecule has 1 aromatic carbocycles. The first-order chi connectivity index (χ1) is 9.22. The van der Waals surface area contributed by atoms with Crippen molar-refractivity contribution in [1.82, 2.24) is 10.2 Å². The summed E-state index contributed by atoms with van der Waals surface area (Å²) in [6, 6.07) is 11.8. The van der Waals surface area contributed by atoms with Gasteiger partial charge in [-0.2, -0.15) is 5.26 Å². The molecule has 0 spiro atoms. The summed E-state index contributed by atoms with van der Waals surface area (Å²) >= 11 is 1.73. The van der Waals surface area contributed by atoms with Crippen molar-refractivity contribution in [2.75, 3.05) is 11.6 Å².